The zero-order chi connectivity index (χ0) is 23.2. The van der Waals surface area contributed by atoms with Gasteiger partial charge < -0.3 is 9.84 Å². The first kappa shape index (κ1) is 22.8. The van der Waals surface area contributed by atoms with Crippen molar-refractivity contribution in [1.29, 1.82) is 0 Å². The zero-order valence-electron chi connectivity index (χ0n) is 18.2. The van der Waals surface area contributed by atoms with Crippen molar-refractivity contribution in [2.24, 2.45) is 11.8 Å². The van der Waals surface area contributed by atoms with Crippen molar-refractivity contribution in [3.63, 3.8) is 0 Å². The maximum atomic E-state index is 14.5. The molecular formula is C25H26FN3O4. The van der Waals surface area contributed by atoms with Crippen LogP contribution in [0.5, 0.6) is 0 Å². The molecule has 1 aliphatic carbocycles. The van der Waals surface area contributed by atoms with Gasteiger partial charge in [-0.25, -0.2) is 14.5 Å². The number of aliphatic carboxylic acids is 1. The van der Waals surface area contributed by atoms with E-state index in [9.17, 15) is 14.0 Å². The molecule has 0 aliphatic heterocycles. The molecule has 1 fully saturated rings. The van der Waals surface area contributed by atoms with Gasteiger partial charge in [-0.2, -0.15) is 9.49 Å². The lowest BCUT2D eigenvalue weighted by atomic mass is 9.82. The van der Waals surface area contributed by atoms with Gasteiger partial charge in [-0.05, 0) is 49.7 Å². The zero-order valence-corrected chi connectivity index (χ0v) is 18.2. The molecule has 1 N–H and O–H groups in total. The molecule has 0 bridgehead atoms. The Balaban J connectivity index is 1.55. The molecule has 7 nitrogen and oxygen atoms in total. The van der Waals surface area contributed by atoms with E-state index in [4.69, 9.17) is 9.84 Å². The third-order valence-electron chi connectivity index (χ3n) is 6.07. The number of hydrogen-bond acceptors (Lipinski definition) is 5. The Morgan fingerprint density at radius 2 is 1.79 bits per heavy atom. The van der Waals surface area contributed by atoms with Crippen LogP contribution in [0.4, 0.5) is 4.39 Å². The summed E-state index contributed by atoms with van der Waals surface area (Å²) >= 11 is 0. The van der Waals surface area contributed by atoms with E-state index >= 15 is 0 Å². The summed E-state index contributed by atoms with van der Waals surface area (Å²) in [7, 11) is 0. The normalized spacial score (nSPS) is 18.2. The fourth-order valence-electron chi connectivity index (χ4n) is 4.36. The highest BCUT2D eigenvalue weighted by Crippen LogP contribution is 2.32. The number of carboxylic acid groups (broad SMARTS) is 1. The van der Waals surface area contributed by atoms with Crippen molar-refractivity contribution in [1.82, 2.24) is 14.8 Å². The lowest BCUT2D eigenvalue weighted by Gasteiger charge is -2.28. The third-order valence-corrected chi connectivity index (χ3v) is 6.07. The van der Waals surface area contributed by atoms with Crippen molar-refractivity contribution in [2.75, 3.05) is 13.2 Å². The van der Waals surface area contributed by atoms with Crippen LogP contribution in [0.1, 0.15) is 25.7 Å². The van der Waals surface area contributed by atoms with Gasteiger partial charge in [-0.1, -0.05) is 30.3 Å². The second-order valence-electron chi connectivity index (χ2n) is 8.43. The Labute approximate surface area is 190 Å². The van der Waals surface area contributed by atoms with Crippen LogP contribution in [0.2, 0.25) is 0 Å². The Hall–Kier alpha value is -3.39. The fraction of sp³-hybridized carbons (Fsp3) is 0.360. The highest BCUT2D eigenvalue weighted by atomic mass is 19.1. The Morgan fingerprint density at radius 3 is 2.48 bits per heavy atom. The molecule has 8 heteroatoms. The van der Waals surface area contributed by atoms with E-state index in [2.05, 4.69) is 10.1 Å². The molecule has 3 aromatic rings. The van der Waals surface area contributed by atoms with Gasteiger partial charge in [0.1, 0.15) is 6.61 Å². The van der Waals surface area contributed by atoms with Gasteiger partial charge in [0.2, 0.25) is 5.95 Å². The van der Waals surface area contributed by atoms with Crippen LogP contribution in [-0.4, -0.2) is 39.1 Å². The first-order valence-electron chi connectivity index (χ1n) is 11.1. The van der Waals surface area contributed by atoms with Gasteiger partial charge >= 0.3 is 5.97 Å². The number of ether oxygens (including phenoxy) is 1. The monoisotopic (exact) mass is 451 g/mol. The summed E-state index contributed by atoms with van der Waals surface area (Å²) in [4.78, 5) is 27.3. The number of rotatable bonds is 8. The van der Waals surface area contributed by atoms with Crippen molar-refractivity contribution < 1.29 is 19.0 Å². The van der Waals surface area contributed by atoms with Crippen LogP contribution >= 0.6 is 0 Å². The summed E-state index contributed by atoms with van der Waals surface area (Å²) in [5, 5.41) is 13.4. The summed E-state index contributed by atoms with van der Waals surface area (Å²) in [6.07, 6.45) is 5.04. The van der Waals surface area contributed by atoms with Gasteiger partial charge in [-0.15, -0.1) is 0 Å². The minimum Gasteiger partial charge on any atom is -0.480 e. The molecule has 2 heterocycles. The lowest BCUT2D eigenvalue weighted by molar-refractivity contribution is -0.142. The van der Waals surface area contributed by atoms with Gasteiger partial charge in [0.05, 0.1) is 12.3 Å². The van der Waals surface area contributed by atoms with E-state index in [1.807, 2.05) is 30.3 Å². The van der Waals surface area contributed by atoms with Gasteiger partial charge in [0.15, 0.2) is 0 Å². The molecule has 0 atom stereocenters. The van der Waals surface area contributed by atoms with E-state index in [1.165, 1.54) is 16.9 Å². The predicted molar refractivity (Wildman–Crippen MR) is 121 cm³/mol. The van der Waals surface area contributed by atoms with Gasteiger partial charge in [0, 0.05) is 35.5 Å². The highest BCUT2D eigenvalue weighted by Gasteiger charge is 2.23. The SMILES string of the molecule is O=C(O)COC[C@H]1CC[C@H](Cn2nc(-c3ccccc3)c(-c3cccnc3F)cc2=O)CC1. The second kappa shape index (κ2) is 10.5. The molecule has 0 amide bonds. The Morgan fingerprint density at radius 1 is 1.06 bits per heavy atom. The topological polar surface area (TPSA) is 94.3 Å². The molecule has 172 valence electrons. The standard InChI is InChI=1S/C25H26FN3O4/c26-25-20(7-4-12-27-25)21-13-22(30)29(28-24(21)19-5-2-1-3-6-19)14-17-8-10-18(11-9-17)15-33-16-23(31)32/h1-7,12-13,17-18H,8-11,14-16H2,(H,31,32)/t17-,18-. The van der Waals surface area contributed by atoms with Crippen LogP contribution in [0.15, 0.2) is 59.5 Å². The molecule has 1 aliphatic rings. The lowest BCUT2D eigenvalue weighted by Crippen LogP contribution is -2.29. The predicted octanol–water partition coefficient (Wildman–Crippen LogP) is 4.02. The highest BCUT2D eigenvalue weighted by molar-refractivity contribution is 5.80. The van der Waals surface area contributed by atoms with Crippen molar-refractivity contribution in [3.05, 3.63) is 71.0 Å². The number of aromatic nitrogens is 3. The van der Waals surface area contributed by atoms with Crippen molar-refractivity contribution in [3.8, 4) is 22.4 Å². The van der Waals surface area contributed by atoms with E-state index in [-0.39, 0.29) is 23.6 Å². The maximum Gasteiger partial charge on any atom is 0.329 e. The molecule has 1 saturated carbocycles. The minimum absolute atomic E-state index is 0.245. The molecular weight excluding hydrogens is 425 g/mol. The summed E-state index contributed by atoms with van der Waals surface area (Å²) < 4.78 is 21.2. The quantitative estimate of drug-likeness (QED) is 0.520. The number of hydrogen-bond donors (Lipinski definition) is 1. The summed E-state index contributed by atoms with van der Waals surface area (Å²) in [5.74, 6) is -0.980. The smallest absolute Gasteiger partial charge is 0.329 e. The minimum atomic E-state index is -0.960. The van der Waals surface area contributed by atoms with Crippen molar-refractivity contribution in [2.45, 2.75) is 32.2 Å². The van der Waals surface area contributed by atoms with Crippen LogP contribution in [0.3, 0.4) is 0 Å². The van der Waals surface area contributed by atoms with E-state index in [1.54, 1.807) is 12.1 Å². The number of nitrogens with zero attached hydrogens (tertiary/aromatic N) is 3. The number of carboxylic acids is 1. The first-order valence-corrected chi connectivity index (χ1v) is 11.1. The molecule has 4 rings (SSSR count). The Kier molecular flexibility index (Phi) is 7.24. The third kappa shape index (κ3) is 5.70. The molecule has 0 spiro atoms. The van der Waals surface area contributed by atoms with Gasteiger partial charge in [0.25, 0.3) is 5.56 Å². The number of benzene rings is 1. The average Bonchev–Trinajstić information content (AvgIpc) is 2.82. The second-order valence-corrected chi connectivity index (χ2v) is 8.43. The van der Waals surface area contributed by atoms with Crippen LogP contribution in [-0.2, 0) is 16.1 Å². The number of halogens is 1. The summed E-state index contributed by atoms with van der Waals surface area (Å²) in [6.45, 7) is 0.656. The van der Waals surface area contributed by atoms with Crippen LogP contribution in [0, 0.1) is 17.8 Å². The maximum absolute atomic E-state index is 14.5. The molecule has 0 unspecified atom stereocenters. The average molecular weight is 451 g/mol. The largest absolute Gasteiger partial charge is 0.480 e. The molecule has 33 heavy (non-hydrogen) atoms. The first-order chi connectivity index (χ1) is 16.0. The van der Waals surface area contributed by atoms with E-state index in [0.29, 0.717) is 30.3 Å². The van der Waals surface area contributed by atoms with Crippen LogP contribution < -0.4 is 5.56 Å². The molecule has 0 saturated heterocycles. The van der Waals surface area contributed by atoms with E-state index in [0.717, 1.165) is 31.2 Å². The molecule has 1 aromatic carbocycles. The van der Waals surface area contributed by atoms with Gasteiger partial charge in [-0.3, -0.25) is 4.79 Å². The molecule has 0 radical (unpaired) electrons. The summed E-state index contributed by atoms with van der Waals surface area (Å²) in [6, 6.07) is 14.1. The van der Waals surface area contributed by atoms with E-state index < -0.39 is 11.9 Å². The number of carbonyl (C=O) groups is 1. The Bertz CT molecular complexity index is 1160. The molecule has 2 aromatic heterocycles. The van der Waals surface area contributed by atoms with Crippen molar-refractivity contribution >= 4 is 5.97 Å². The summed E-state index contributed by atoms with van der Waals surface area (Å²) in [5.41, 5.74) is 1.73. The van der Waals surface area contributed by atoms with Crippen LogP contribution in [0.25, 0.3) is 22.4 Å². The number of pyridine rings is 1. The fourth-order valence-corrected chi connectivity index (χ4v) is 4.36.